The Kier molecular flexibility index (Phi) is 8.41. The highest BCUT2D eigenvalue weighted by Gasteiger charge is 2.23. The van der Waals surface area contributed by atoms with Gasteiger partial charge in [-0.15, -0.1) is 5.11 Å². The Morgan fingerprint density at radius 2 is 1.74 bits per heavy atom. The molecule has 0 aliphatic carbocycles. The standard InChI is InChI=1S/C27H23Cl2N3O6S/c1-3-17-22(12-10-20(28)26(17)39(35,36)37)31-32-24-18-8-6-5-7-15(18)13-19(25(24)33)27(34)30-23-11-9-16(38-4-2)14-21(23)29/h5-14,33H,3-4H2,1-2H3,(H,30,34)(H,35,36,37). The van der Waals surface area contributed by atoms with Gasteiger partial charge in [-0.25, -0.2) is 0 Å². The largest absolute Gasteiger partial charge is 0.505 e. The smallest absolute Gasteiger partial charge is 0.296 e. The highest BCUT2D eigenvalue weighted by molar-refractivity contribution is 7.86. The number of azo groups is 1. The molecule has 0 heterocycles. The van der Waals surface area contributed by atoms with Crippen molar-refractivity contribution >= 4 is 67.1 Å². The lowest BCUT2D eigenvalue weighted by Crippen LogP contribution is -2.12. The topological polar surface area (TPSA) is 138 Å². The maximum Gasteiger partial charge on any atom is 0.296 e. The van der Waals surface area contributed by atoms with Gasteiger partial charge in [0.15, 0.2) is 5.75 Å². The van der Waals surface area contributed by atoms with Crippen LogP contribution < -0.4 is 10.1 Å². The van der Waals surface area contributed by atoms with Crippen LogP contribution in [0.2, 0.25) is 10.0 Å². The van der Waals surface area contributed by atoms with Gasteiger partial charge >= 0.3 is 0 Å². The zero-order valence-electron chi connectivity index (χ0n) is 20.8. The van der Waals surface area contributed by atoms with Crippen molar-refractivity contribution < 1.29 is 27.6 Å². The van der Waals surface area contributed by atoms with E-state index in [-0.39, 0.29) is 39.0 Å². The fourth-order valence-electron chi connectivity index (χ4n) is 4.04. The van der Waals surface area contributed by atoms with Crippen LogP contribution in [0.5, 0.6) is 11.5 Å². The molecule has 39 heavy (non-hydrogen) atoms. The average molecular weight is 588 g/mol. The minimum atomic E-state index is -4.64. The molecule has 0 spiro atoms. The minimum Gasteiger partial charge on any atom is -0.505 e. The molecule has 0 saturated carbocycles. The number of nitrogens with one attached hydrogen (secondary N) is 1. The first-order chi connectivity index (χ1) is 18.5. The number of carbonyl (C=O) groups is 1. The van der Waals surface area contributed by atoms with Crippen LogP contribution in [0.15, 0.2) is 75.8 Å². The molecule has 4 aromatic carbocycles. The van der Waals surface area contributed by atoms with Gasteiger partial charge in [-0.2, -0.15) is 13.5 Å². The molecule has 9 nitrogen and oxygen atoms in total. The third-order valence-corrected chi connectivity index (χ3v) is 7.52. The van der Waals surface area contributed by atoms with Gasteiger partial charge in [-0.3, -0.25) is 9.35 Å². The Labute approximate surface area is 234 Å². The van der Waals surface area contributed by atoms with E-state index in [0.29, 0.717) is 28.8 Å². The van der Waals surface area contributed by atoms with Crippen LogP contribution in [0, 0.1) is 0 Å². The highest BCUT2D eigenvalue weighted by Crippen LogP contribution is 2.41. The lowest BCUT2D eigenvalue weighted by molar-refractivity contribution is 0.102. The Morgan fingerprint density at radius 1 is 1.00 bits per heavy atom. The van der Waals surface area contributed by atoms with E-state index in [1.165, 1.54) is 18.2 Å². The number of phenolic OH excluding ortho intramolecular Hbond substituents is 1. The molecule has 4 aromatic rings. The number of nitrogens with zero attached hydrogens (tertiary/aromatic N) is 2. The van der Waals surface area contributed by atoms with Crippen molar-refractivity contribution in [2.24, 2.45) is 10.2 Å². The first kappa shape index (κ1) is 28.3. The van der Waals surface area contributed by atoms with Crippen LogP contribution in [0.1, 0.15) is 29.8 Å². The number of benzene rings is 4. The summed E-state index contributed by atoms with van der Waals surface area (Å²) in [5.74, 6) is -0.545. The van der Waals surface area contributed by atoms with Crippen LogP contribution >= 0.6 is 23.2 Å². The predicted molar refractivity (Wildman–Crippen MR) is 151 cm³/mol. The third kappa shape index (κ3) is 5.99. The Hall–Kier alpha value is -3.70. The van der Waals surface area contributed by atoms with E-state index in [0.717, 1.165) is 0 Å². The van der Waals surface area contributed by atoms with Gasteiger partial charge in [0.1, 0.15) is 16.3 Å². The number of anilines is 1. The maximum atomic E-state index is 13.2. The SMILES string of the molecule is CCOc1ccc(NC(=O)c2cc3ccccc3c(N=Nc3ccc(Cl)c(S(=O)(=O)O)c3CC)c2O)c(Cl)c1. The molecule has 0 unspecified atom stereocenters. The molecule has 0 aliphatic heterocycles. The van der Waals surface area contributed by atoms with E-state index < -0.39 is 26.7 Å². The molecule has 12 heteroatoms. The van der Waals surface area contributed by atoms with Gasteiger partial charge in [0, 0.05) is 17.0 Å². The average Bonchev–Trinajstić information content (AvgIpc) is 2.89. The number of carbonyl (C=O) groups excluding carboxylic acids is 1. The second-order valence-electron chi connectivity index (χ2n) is 8.27. The van der Waals surface area contributed by atoms with Gasteiger partial charge in [0.2, 0.25) is 0 Å². The zero-order chi connectivity index (χ0) is 28.3. The van der Waals surface area contributed by atoms with E-state index in [1.54, 1.807) is 49.4 Å². The summed E-state index contributed by atoms with van der Waals surface area (Å²) in [5.41, 5.74) is 0.484. The van der Waals surface area contributed by atoms with Gasteiger partial charge in [0.05, 0.1) is 33.6 Å². The molecule has 0 radical (unpaired) electrons. The summed E-state index contributed by atoms with van der Waals surface area (Å²) in [5, 5.41) is 23.4. The van der Waals surface area contributed by atoms with Crippen LogP contribution in [0.3, 0.4) is 0 Å². The summed E-state index contributed by atoms with van der Waals surface area (Å²) in [4.78, 5) is 12.8. The lowest BCUT2D eigenvalue weighted by atomic mass is 10.0. The predicted octanol–water partition coefficient (Wildman–Crippen LogP) is 7.73. The van der Waals surface area contributed by atoms with Crippen molar-refractivity contribution in [3.05, 3.63) is 81.8 Å². The molecule has 3 N–H and O–H groups in total. The zero-order valence-corrected chi connectivity index (χ0v) is 23.1. The molecule has 0 atom stereocenters. The monoisotopic (exact) mass is 587 g/mol. The van der Waals surface area contributed by atoms with Crippen LogP contribution in [0.25, 0.3) is 10.8 Å². The fraction of sp³-hybridized carbons (Fsp3) is 0.148. The van der Waals surface area contributed by atoms with Crippen molar-refractivity contribution in [3.63, 3.8) is 0 Å². The van der Waals surface area contributed by atoms with Crippen molar-refractivity contribution in [3.8, 4) is 11.5 Å². The van der Waals surface area contributed by atoms with E-state index in [4.69, 9.17) is 27.9 Å². The van der Waals surface area contributed by atoms with Crippen LogP contribution in [0.4, 0.5) is 17.1 Å². The number of ether oxygens (including phenoxy) is 1. The van der Waals surface area contributed by atoms with E-state index in [9.17, 15) is 22.9 Å². The number of hydrogen-bond donors (Lipinski definition) is 3. The molecule has 202 valence electrons. The van der Waals surface area contributed by atoms with Gasteiger partial charge < -0.3 is 15.2 Å². The number of amides is 1. The lowest BCUT2D eigenvalue weighted by Gasteiger charge is -2.13. The Morgan fingerprint density at radius 3 is 2.41 bits per heavy atom. The van der Waals surface area contributed by atoms with Crippen LogP contribution in [-0.2, 0) is 16.5 Å². The van der Waals surface area contributed by atoms with Crippen LogP contribution in [-0.4, -0.2) is 30.6 Å². The third-order valence-electron chi connectivity index (χ3n) is 5.80. The quantitative estimate of drug-likeness (QED) is 0.142. The van der Waals surface area contributed by atoms with Crippen molar-refractivity contribution in [2.75, 3.05) is 11.9 Å². The van der Waals surface area contributed by atoms with E-state index in [2.05, 4.69) is 15.5 Å². The number of rotatable bonds is 8. The first-order valence-corrected chi connectivity index (χ1v) is 13.9. The van der Waals surface area contributed by atoms with Gasteiger partial charge in [0.25, 0.3) is 16.0 Å². The second kappa shape index (κ2) is 11.6. The van der Waals surface area contributed by atoms with Gasteiger partial charge in [-0.05, 0) is 49.1 Å². The summed E-state index contributed by atoms with van der Waals surface area (Å²) in [6, 6.07) is 16.0. The molecular weight excluding hydrogens is 565 g/mol. The number of fused-ring (bicyclic) bond motifs is 1. The molecule has 0 saturated heterocycles. The molecule has 0 fully saturated rings. The van der Waals surface area contributed by atoms with E-state index in [1.807, 2.05) is 6.92 Å². The Bertz CT molecular complexity index is 1720. The second-order valence-corrected chi connectivity index (χ2v) is 10.4. The number of aromatic hydroxyl groups is 1. The summed E-state index contributed by atoms with van der Waals surface area (Å²) in [6.07, 6.45) is 0.169. The number of phenols is 1. The molecule has 4 rings (SSSR count). The molecular formula is C27H23Cl2N3O6S. The first-order valence-electron chi connectivity index (χ1n) is 11.7. The molecule has 0 aromatic heterocycles. The maximum absolute atomic E-state index is 13.2. The Balaban J connectivity index is 1.79. The summed E-state index contributed by atoms with van der Waals surface area (Å²) < 4.78 is 38.9. The highest BCUT2D eigenvalue weighted by atomic mass is 35.5. The van der Waals surface area contributed by atoms with Crippen molar-refractivity contribution in [1.82, 2.24) is 0 Å². The van der Waals surface area contributed by atoms with E-state index >= 15 is 0 Å². The normalized spacial score (nSPS) is 11.7. The summed E-state index contributed by atoms with van der Waals surface area (Å²) in [7, 11) is -4.64. The summed E-state index contributed by atoms with van der Waals surface area (Å²) >= 11 is 12.3. The number of halogens is 2. The van der Waals surface area contributed by atoms with Crippen molar-refractivity contribution in [2.45, 2.75) is 25.2 Å². The minimum absolute atomic E-state index is 0.0125. The molecule has 0 bridgehead atoms. The van der Waals surface area contributed by atoms with Gasteiger partial charge in [-0.1, -0.05) is 54.4 Å². The fourth-order valence-corrected chi connectivity index (χ4v) is 5.60. The number of hydrogen-bond acceptors (Lipinski definition) is 7. The summed E-state index contributed by atoms with van der Waals surface area (Å²) in [6.45, 7) is 3.96. The molecule has 0 aliphatic rings. The molecule has 1 amide bonds. The van der Waals surface area contributed by atoms with Crippen molar-refractivity contribution in [1.29, 1.82) is 0 Å².